The van der Waals surface area contributed by atoms with Gasteiger partial charge in [0.1, 0.15) is 5.60 Å². The van der Waals surface area contributed by atoms with Gasteiger partial charge in [-0.05, 0) is 44.2 Å². The highest BCUT2D eigenvalue weighted by Crippen LogP contribution is 2.32. The number of rotatable bonds is 2. The summed E-state index contributed by atoms with van der Waals surface area (Å²) in [7, 11) is 1.68. The van der Waals surface area contributed by atoms with Crippen LogP contribution in [0.2, 0.25) is 0 Å². The van der Waals surface area contributed by atoms with Gasteiger partial charge in [-0.15, -0.1) is 0 Å². The third kappa shape index (κ3) is 2.69. The fourth-order valence-electron chi connectivity index (χ4n) is 2.94. The van der Waals surface area contributed by atoms with Gasteiger partial charge in [0.05, 0.1) is 0 Å². The summed E-state index contributed by atoms with van der Waals surface area (Å²) in [5.41, 5.74) is -0.183. The minimum atomic E-state index is -0.563. The highest BCUT2D eigenvalue weighted by Gasteiger charge is 2.43. The van der Waals surface area contributed by atoms with Crippen molar-refractivity contribution in [1.29, 1.82) is 0 Å². The van der Waals surface area contributed by atoms with E-state index in [1.54, 1.807) is 7.11 Å². The normalized spacial score (nSPS) is 26.9. The largest absolute Gasteiger partial charge is 0.368 e. The topological polar surface area (TPSA) is 41.6 Å². The number of hydrogen-bond donors (Lipinski definition) is 1. The molecule has 2 heterocycles. The van der Waals surface area contributed by atoms with Gasteiger partial charge in [-0.2, -0.15) is 0 Å². The number of hydrogen-bond acceptors (Lipinski definition) is 3. The second-order valence-corrected chi connectivity index (χ2v) is 6.40. The highest BCUT2D eigenvalue weighted by atomic mass is 16.5. The Morgan fingerprint density at radius 1 is 1.11 bits per heavy atom. The second kappa shape index (κ2) is 5.17. The number of piperidine rings is 2. The van der Waals surface area contributed by atoms with Crippen LogP contribution in [-0.4, -0.2) is 49.7 Å². The van der Waals surface area contributed by atoms with E-state index in [0.717, 1.165) is 51.9 Å². The Morgan fingerprint density at radius 3 is 2.17 bits per heavy atom. The predicted octanol–water partition coefficient (Wildman–Crippen LogP) is 1.40. The third-order valence-corrected chi connectivity index (χ3v) is 4.60. The van der Waals surface area contributed by atoms with Crippen molar-refractivity contribution < 1.29 is 9.53 Å². The van der Waals surface area contributed by atoms with Crippen molar-refractivity contribution in [3.8, 4) is 0 Å². The maximum atomic E-state index is 12.7. The molecule has 2 fully saturated rings. The molecule has 0 aromatic rings. The van der Waals surface area contributed by atoms with Crippen LogP contribution in [0.25, 0.3) is 0 Å². The van der Waals surface area contributed by atoms with E-state index in [2.05, 4.69) is 19.2 Å². The summed E-state index contributed by atoms with van der Waals surface area (Å²) in [6.07, 6.45) is 3.78. The van der Waals surface area contributed by atoms with E-state index in [1.807, 2.05) is 4.90 Å². The summed E-state index contributed by atoms with van der Waals surface area (Å²) in [5, 5.41) is 3.29. The zero-order valence-electron chi connectivity index (χ0n) is 11.9. The first kappa shape index (κ1) is 13.8. The molecular formula is C14H26N2O2. The van der Waals surface area contributed by atoms with Crippen molar-refractivity contribution in [2.45, 2.75) is 45.1 Å². The number of amides is 1. The predicted molar refractivity (Wildman–Crippen MR) is 71.4 cm³/mol. The number of likely N-dealkylation sites (tertiary alicyclic amines) is 1. The first-order valence-corrected chi connectivity index (χ1v) is 7.04. The van der Waals surface area contributed by atoms with Crippen molar-refractivity contribution in [1.82, 2.24) is 10.2 Å². The molecule has 1 amide bonds. The van der Waals surface area contributed by atoms with E-state index in [0.29, 0.717) is 5.41 Å². The van der Waals surface area contributed by atoms with E-state index >= 15 is 0 Å². The van der Waals surface area contributed by atoms with E-state index in [9.17, 15) is 4.79 Å². The average Bonchev–Trinajstić information content (AvgIpc) is 2.39. The number of ether oxygens (including phenoxy) is 1. The van der Waals surface area contributed by atoms with Crippen LogP contribution in [0.1, 0.15) is 39.5 Å². The molecule has 2 aliphatic heterocycles. The molecule has 4 nitrogen and oxygen atoms in total. The van der Waals surface area contributed by atoms with E-state index in [4.69, 9.17) is 4.74 Å². The molecule has 0 unspecified atom stereocenters. The van der Waals surface area contributed by atoms with Crippen molar-refractivity contribution in [2.24, 2.45) is 5.41 Å². The smallest absolute Gasteiger partial charge is 0.254 e. The fraction of sp³-hybridized carbons (Fsp3) is 0.929. The van der Waals surface area contributed by atoms with Crippen LogP contribution >= 0.6 is 0 Å². The lowest BCUT2D eigenvalue weighted by atomic mass is 9.81. The highest BCUT2D eigenvalue weighted by molar-refractivity contribution is 5.85. The summed E-state index contributed by atoms with van der Waals surface area (Å²) in [6, 6.07) is 0. The molecule has 2 aliphatic rings. The van der Waals surface area contributed by atoms with Gasteiger partial charge >= 0.3 is 0 Å². The lowest BCUT2D eigenvalue weighted by molar-refractivity contribution is -0.160. The third-order valence-electron chi connectivity index (χ3n) is 4.60. The van der Waals surface area contributed by atoms with Crippen molar-refractivity contribution in [3.05, 3.63) is 0 Å². The molecule has 0 bridgehead atoms. The summed E-state index contributed by atoms with van der Waals surface area (Å²) >= 11 is 0. The number of nitrogens with one attached hydrogen (secondary N) is 1. The van der Waals surface area contributed by atoms with Crippen LogP contribution in [0, 0.1) is 5.41 Å². The summed E-state index contributed by atoms with van der Waals surface area (Å²) in [5.74, 6) is 0.210. The van der Waals surface area contributed by atoms with Crippen LogP contribution < -0.4 is 5.32 Å². The number of carbonyl (C=O) groups excluding carboxylic acids is 1. The lowest BCUT2D eigenvalue weighted by Crippen LogP contribution is -2.57. The van der Waals surface area contributed by atoms with Crippen molar-refractivity contribution >= 4 is 5.91 Å². The lowest BCUT2D eigenvalue weighted by Gasteiger charge is -2.43. The molecule has 0 radical (unpaired) electrons. The Labute approximate surface area is 110 Å². The second-order valence-electron chi connectivity index (χ2n) is 6.40. The minimum Gasteiger partial charge on any atom is -0.368 e. The molecule has 0 saturated carbocycles. The maximum absolute atomic E-state index is 12.7. The van der Waals surface area contributed by atoms with E-state index in [-0.39, 0.29) is 5.91 Å². The molecule has 18 heavy (non-hydrogen) atoms. The minimum absolute atomic E-state index is 0.210. The van der Waals surface area contributed by atoms with Crippen LogP contribution in [0.3, 0.4) is 0 Å². The molecular weight excluding hydrogens is 228 g/mol. The monoisotopic (exact) mass is 254 g/mol. The SMILES string of the molecule is COC1(C(=O)N2CCC(C)(C)CC2)CCNCC1. The van der Waals surface area contributed by atoms with Gasteiger partial charge in [0.2, 0.25) is 0 Å². The summed E-state index contributed by atoms with van der Waals surface area (Å²) in [6.45, 7) is 8.07. The van der Waals surface area contributed by atoms with Crippen molar-refractivity contribution in [2.75, 3.05) is 33.3 Å². The van der Waals surface area contributed by atoms with Gasteiger partial charge < -0.3 is 15.0 Å². The van der Waals surface area contributed by atoms with Gasteiger partial charge in [-0.3, -0.25) is 4.79 Å². The van der Waals surface area contributed by atoms with E-state index in [1.165, 1.54) is 0 Å². The number of nitrogens with zero attached hydrogens (tertiary/aromatic N) is 1. The van der Waals surface area contributed by atoms with Gasteiger partial charge in [-0.25, -0.2) is 0 Å². The maximum Gasteiger partial charge on any atom is 0.254 e. The standard InChI is InChI=1S/C14H26N2O2/c1-13(2)6-10-16(11-7-13)12(17)14(18-3)4-8-15-9-5-14/h15H,4-11H2,1-3H3. The Balaban J connectivity index is 2.01. The summed E-state index contributed by atoms with van der Waals surface area (Å²) < 4.78 is 5.61. The van der Waals surface area contributed by atoms with Gasteiger partial charge in [0, 0.05) is 20.2 Å². The molecule has 2 saturated heterocycles. The van der Waals surface area contributed by atoms with Crippen LogP contribution in [0.15, 0.2) is 0 Å². The van der Waals surface area contributed by atoms with Gasteiger partial charge in [-0.1, -0.05) is 13.8 Å². The molecule has 0 atom stereocenters. The number of methoxy groups -OCH3 is 1. The molecule has 0 aliphatic carbocycles. The molecule has 0 spiro atoms. The molecule has 2 rings (SSSR count). The van der Waals surface area contributed by atoms with Crippen molar-refractivity contribution in [3.63, 3.8) is 0 Å². The van der Waals surface area contributed by atoms with Crippen LogP contribution in [0.5, 0.6) is 0 Å². The zero-order valence-corrected chi connectivity index (χ0v) is 11.9. The molecule has 4 heteroatoms. The van der Waals surface area contributed by atoms with E-state index < -0.39 is 5.60 Å². The Morgan fingerprint density at radius 2 is 1.67 bits per heavy atom. The first-order chi connectivity index (χ1) is 8.49. The zero-order chi connectivity index (χ0) is 13.2. The van der Waals surface area contributed by atoms with Crippen LogP contribution in [0.4, 0.5) is 0 Å². The Kier molecular flexibility index (Phi) is 3.97. The molecule has 0 aromatic heterocycles. The van der Waals surface area contributed by atoms with Gasteiger partial charge in [0.15, 0.2) is 0 Å². The quantitative estimate of drug-likeness (QED) is 0.810. The molecule has 104 valence electrons. The Hall–Kier alpha value is -0.610. The average molecular weight is 254 g/mol. The Bertz CT molecular complexity index is 299. The molecule has 1 N–H and O–H groups in total. The van der Waals surface area contributed by atoms with Crippen LogP contribution in [-0.2, 0) is 9.53 Å². The number of carbonyl (C=O) groups is 1. The van der Waals surface area contributed by atoms with Gasteiger partial charge in [0.25, 0.3) is 5.91 Å². The summed E-state index contributed by atoms with van der Waals surface area (Å²) in [4.78, 5) is 14.7. The fourth-order valence-corrected chi connectivity index (χ4v) is 2.94. The first-order valence-electron chi connectivity index (χ1n) is 7.04. The molecule has 0 aromatic carbocycles.